The van der Waals surface area contributed by atoms with Gasteiger partial charge in [-0.2, -0.15) is 0 Å². The molecule has 0 unspecified atom stereocenters. The van der Waals surface area contributed by atoms with Gasteiger partial charge in [-0.05, 0) is 6.07 Å². The molecule has 2 aromatic rings. The van der Waals surface area contributed by atoms with Gasteiger partial charge in [0.2, 0.25) is 0 Å². The molecule has 0 bridgehead atoms. The van der Waals surface area contributed by atoms with Crippen LogP contribution in [0, 0.1) is 0 Å². The van der Waals surface area contributed by atoms with Crippen LogP contribution in [0.15, 0.2) is 23.8 Å². The Morgan fingerprint density at radius 2 is 2.05 bits per heavy atom. The zero-order chi connectivity index (χ0) is 14.3. The Balaban J connectivity index is 1.96. The van der Waals surface area contributed by atoms with Gasteiger partial charge in [0.15, 0.2) is 5.13 Å². The van der Waals surface area contributed by atoms with Crippen LogP contribution in [-0.2, 0) is 11.2 Å². The number of imide groups is 1. The normalized spacial score (nSPS) is 13.7. The van der Waals surface area contributed by atoms with Crippen LogP contribution in [0.3, 0.4) is 0 Å². The van der Waals surface area contributed by atoms with E-state index in [1.165, 1.54) is 23.8 Å². The summed E-state index contributed by atoms with van der Waals surface area (Å²) in [6, 6.07) is 1.47. The van der Waals surface area contributed by atoms with Crippen molar-refractivity contribution in [3.8, 4) is 0 Å². The molecule has 3 rings (SSSR count). The van der Waals surface area contributed by atoms with Gasteiger partial charge in [-0.3, -0.25) is 19.4 Å². The minimum Gasteiger partial charge on any atom is -0.481 e. The van der Waals surface area contributed by atoms with Gasteiger partial charge in [0, 0.05) is 17.8 Å². The highest BCUT2D eigenvalue weighted by molar-refractivity contribution is 7.14. The Labute approximate surface area is 116 Å². The summed E-state index contributed by atoms with van der Waals surface area (Å²) < 4.78 is 0. The van der Waals surface area contributed by atoms with E-state index in [9.17, 15) is 14.4 Å². The van der Waals surface area contributed by atoms with Crippen LogP contribution in [-0.4, -0.2) is 32.9 Å². The minimum absolute atomic E-state index is 0.174. The van der Waals surface area contributed by atoms with Crippen LogP contribution in [0.1, 0.15) is 26.4 Å². The molecule has 0 spiro atoms. The van der Waals surface area contributed by atoms with E-state index in [2.05, 4.69) is 9.97 Å². The van der Waals surface area contributed by atoms with E-state index in [1.54, 1.807) is 0 Å². The van der Waals surface area contributed by atoms with Gasteiger partial charge in [0.05, 0.1) is 23.2 Å². The summed E-state index contributed by atoms with van der Waals surface area (Å²) in [6.45, 7) is 0. The lowest BCUT2D eigenvalue weighted by molar-refractivity contribution is -0.136. The lowest BCUT2D eigenvalue weighted by Gasteiger charge is -2.08. The van der Waals surface area contributed by atoms with Crippen LogP contribution >= 0.6 is 11.3 Å². The molecular formula is C12H7N3O4S. The predicted molar refractivity (Wildman–Crippen MR) is 68.8 cm³/mol. The van der Waals surface area contributed by atoms with Crippen LogP contribution < -0.4 is 4.90 Å². The first-order chi connectivity index (χ1) is 9.58. The third-order valence-electron chi connectivity index (χ3n) is 2.75. The molecule has 1 N–H and O–H groups in total. The minimum atomic E-state index is -1.02. The average molecular weight is 289 g/mol. The Kier molecular flexibility index (Phi) is 2.79. The predicted octanol–water partition coefficient (Wildman–Crippen LogP) is 0.966. The van der Waals surface area contributed by atoms with E-state index in [1.807, 2.05) is 0 Å². The monoisotopic (exact) mass is 289 g/mol. The van der Waals surface area contributed by atoms with E-state index in [-0.39, 0.29) is 22.7 Å². The fourth-order valence-corrected chi connectivity index (χ4v) is 2.71. The lowest BCUT2D eigenvalue weighted by atomic mass is 10.2. The number of aromatic nitrogens is 2. The van der Waals surface area contributed by atoms with Crippen molar-refractivity contribution >= 4 is 34.3 Å². The molecule has 8 heteroatoms. The standard InChI is InChI=1S/C12H7N3O4S/c16-9(17)3-6-5-20-12(14-6)15-10(18)7-1-2-13-4-8(7)11(15)19/h1-2,4-5H,3H2,(H,16,17). The van der Waals surface area contributed by atoms with Crippen molar-refractivity contribution in [3.05, 3.63) is 40.7 Å². The number of hydrogen-bond acceptors (Lipinski definition) is 6. The number of hydrogen-bond donors (Lipinski definition) is 1. The van der Waals surface area contributed by atoms with E-state index in [4.69, 9.17) is 5.11 Å². The first-order valence-electron chi connectivity index (χ1n) is 5.57. The Bertz CT molecular complexity index is 705. The van der Waals surface area contributed by atoms with Crippen LogP contribution in [0.25, 0.3) is 0 Å². The van der Waals surface area contributed by atoms with Crippen LogP contribution in [0.5, 0.6) is 0 Å². The number of rotatable bonds is 3. The van der Waals surface area contributed by atoms with Crippen molar-refractivity contribution in [1.29, 1.82) is 0 Å². The number of amides is 2. The fourth-order valence-electron chi connectivity index (χ4n) is 1.89. The highest BCUT2D eigenvalue weighted by atomic mass is 32.1. The van der Waals surface area contributed by atoms with Gasteiger partial charge in [0.25, 0.3) is 11.8 Å². The second-order valence-corrected chi connectivity index (χ2v) is 4.90. The number of aliphatic carboxylic acids is 1. The van der Waals surface area contributed by atoms with Gasteiger partial charge >= 0.3 is 5.97 Å². The second-order valence-electron chi connectivity index (χ2n) is 4.06. The molecule has 0 radical (unpaired) electrons. The van der Waals surface area contributed by atoms with E-state index in [0.29, 0.717) is 5.69 Å². The Hall–Kier alpha value is -2.61. The molecule has 0 saturated heterocycles. The fraction of sp³-hybridized carbons (Fsp3) is 0.0833. The number of nitrogens with zero attached hydrogens (tertiary/aromatic N) is 3. The number of carbonyl (C=O) groups excluding carboxylic acids is 2. The number of thiazole rings is 1. The molecule has 0 aromatic carbocycles. The third-order valence-corrected chi connectivity index (χ3v) is 3.63. The van der Waals surface area contributed by atoms with Gasteiger partial charge < -0.3 is 5.11 Å². The van der Waals surface area contributed by atoms with Gasteiger partial charge in [-0.1, -0.05) is 0 Å². The zero-order valence-corrected chi connectivity index (χ0v) is 10.8. The Morgan fingerprint density at radius 3 is 2.75 bits per heavy atom. The van der Waals surface area contributed by atoms with Crippen molar-refractivity contribution in [2.75, 3.05) is 4.90 Å². The van der Waals surface area contributed by atoms with Crippen molar-refractivity contribution in [2.24, 2.45) is 0 Å². The molecule has 7 nitrogen and oxygen atoms in total. The third kappa shape index (κ3) is 1.86. The maximum atomic E-state index is 12.2. The second kappa shape index (κ2) is 4.49. The largest absolute Gasteiger partial charge is 0.481 e. The number of pyridine rings is 1. The quantitative estimate of drug-likeness (QED) is 0.845. The number of fused-ring (bicyclic) bond motifs is 1. The summed E-state index contributed by atoms with van der Waals surface area (Å²) in [6.07, 6.45) is 2.52. The molecule has 2 amide bonds. The number of carboxylic acids is 1. The average Bonchev–Trinajstić information content (AvgIpc) is 2.94. The molecule has 100 valence electrons. The van der Waals surface area contributed by atoms with E-state index < -0.39 is 17.8 Å². The highest BCUT2D eigenvalue weighted by Crippen LogP contribution is 2.30. The highest BCUT2D eigenvalue weighted by Gasteiger charge is 2.38. The molecule has 0 atom stereocenters. The molecule has 0 saturated carbocycles. The summed E-state index contributed by atoms with van der Waals surface area (Å²) >= 11 is 1.06. The van der Waals surface area contributed by atoms with Crippen molar-refractivity contribution in [2.45, 2.75) is 6.42 Å². The van der Waals surface area contributed by atoms with Gasteiger partial charge in [0.1, 0.15) is 0 Å². The first-order valence-corrected chi connectivity index (χ1v) is 6.45. The molecule has 3 heterocycles. The van der Waals surface area contributed by atoms with Crippen molar-refractivity contribution < 1.29 is 19.5 Å². The molecule has 1 aliphatic heterocycles. The molecule has 20 heavy (non-hydrogen) atoms. The van der Waals surface area contributed by atoms with Gasteiger partial charge in [-0.25, -0.2) is 9.88 Å². The summed E-state index contributed by atoms with van der Waals surface area (Å²) in [5, 5.41) is 10.4. The summed E-state index contributed by atoms with van der Waals surface area (Å²) in [5.41, 5.74) is 0.819. The Morgan fingerprint density at radius 1 is 1.30 bits per heavy atom. The molecular weight excluding hydrogens is 282 g/mol. The maximum Gasteiger partial charge on any atom is 0.309 e. The number of carbonyl (C=O) groups is 3. The first kappa shape index (κ1) is 12.4. The topological polar surface area (TPSA) is 100 Å². The maximum absolute atomic E-state index is 12.2. The van der Waals surface area contributed by atoms with Gasteiger partial charge in [-0.15, -0.1) is 11.3 Å². The van der Waals surface area contributed by atoms with Crippen LogP contribution in [0.4, 0.5) is 5.13 Å². The smallest absolute Gasteiger partial charge is 0.309 e. The molecule has 0 aliphatic carbocycles. The van der Waals surface area contributed by atoms with E-state index in [0.717, 1.165) is 16.2 Å². The van der Waals surface area contributed by atoms with Crippen LogP contribution in [0.2, 0.25) is 0 Å². The van der Waals surface area contributed by atoms with Crippen molar-refractivity contribution in [3.63, 3.8) is 0 Å². The molecule has 2 aromatic heterocycles. The lowest BCUT2D eigenvalue weighted by Crippen LogP contribution is -2.29. The van der Waals surface area contributed by atoms with Crippen molar-refractivity contribution in [1.82, 2.24) is 9.97 Å². The summed E-state index contributed by atoms with van der Waals surface area (Å²) in [7, 11) is 0. The molecule has 0 fully saturated rings. The zero-order valence-electron chi connectivity index (χ0n) is 9.94. The number of carboxylic acid groups (broad SMARTS) is 1. The van der Waals surface area contributed by atoms with E-state index >= 15 is 0 Å². The SMILES string of the molecule is O=C(O)Cc1csc(N2C(=O)c3ccncc3C2=O)n1. The summed E-state index contributed by atoms with van der Waals surface area (Å²) in [5.74, 6) is -1.98. The number of anilines is 1. The molecule has 1 aliphatic rings. The summed E-state index contributed by atoms with van der Waals surface area (Å²) in [4.78, 5) is 43.7.